The first-order chi connectivity index (χ1) is 16.6. The number of aromatic nitrogens is 2. The molecule has 1 atom stereocenters. The zero-order chi connectivity index (χ0) is 25.3. The molecule has 1 aromatic heterocycles. The van der Waals surface area contributed by atoms with Gasteiger partial charge in [0.2, 0.25) is 0 Å². The number of benzene rings is 3. The summed E-state index contributed by atoms with van der Waals surface area (Å²) in [6.45, 7) is 6.26. The van der Waals surface area contributed by atoms with Gasteiger partial charge in [-0.15, -0.1) is 0 Å². The van der Waals surface area contributed by atoms with Crippen LogP contribution in [0, 0.1) is 19.7 Å². The summed E-state index contributed by atoms with van der Waals surface area (Å²) in [7, 11) is 0. The highest BCUT2D eigenvalue weighted by atomic mass is 19.3. The first-order valence-electron chi connectivity index (χ1n) is 11.3. The molecule has 35 heavy (non-hydrogen) atoms. The van der Waals surface area contributed by atoms with Gasteiger partial charge in [0.25, 0.3) is 5.91 Å². The molecule has 0 saturated heterocycles. The van der Waals surface area contributed by atoms with Crippen LogP contribution in [0.15, 0.2) is 60.7 Å². The molecule has 8 heteroatoms. The highest BCUT2D eigenvalue weighted by molar-refractivity contribution is 5.96. The standard InChI is InChI=1S/C27H26F3N3O2/c1-5-24(31-26(34)27(4,29)30)35-20-12-13-23-22(15-20)25(21-14-16(2)6-7-17(21)3)32-33(23)19-10-8-18(28)9-11-19/h6-15,24H,5H2,1-4H3,(H,31,34). The summed E-state index contributed by atoms with van der Waals surface area (Å²) in [5, 5.41) is 7.85. The molecule has 3 aromatic carbocycles. The number of alkyl halides is 2. The van der Waals surface area contributed by atoms with Crippen LogP contribution in [-0.4, -0.2) is 27.8 Å². The van der Waals surface area contributed by atoms with E-state index in [1.165, 1.54) is 12.1 Å². The number of fused-ring (bicyclic) bond motifs is 1. The van der Waals surface area contributed by atoms with E-state index in [0.29, 0.717) is 30.5 Å². The van der Waals surface area contributed by atoms with Gasteiger partial charge in [0.1, 0.15) is 17.3 Å². The Hall–Kier alpha value is -3.81. The predicted molar refractivity (Wildman–Crippen MR) is 129 cm³/mol. The number of hydrogen-bond donors (Lipinski definition) is 1. The van der Waals surface area contributed by atoms with Crippen molar-refractivity contribution < 1.29 is 22.7 Å². The molecule has 1 heterocycles. The molecule has 0 saturated carbocycles. The Morgan fingerprint density at radius 2 is 1.80 bits per heavy atom. The molecule has 0 bridgehead atoms. The Balaban J connectivity index is 1.81. The molecule has 4 rings (SSSR count). The summed E-state index contributed by atoms with van der Waals surface area (Å²) in [4.78, 5) is 11.7. The fraction of sp³-hybridized carbons (Fsp3) is 0.259. The average molecular weight is 482 g/mol. The lowest BCUT2D eigenvalue weighted by Gasteiger charge is -2.21. The number of amides is 1. The van der Waals surface area contributed by atoms with Gasteiger partial charge < -0.3 is 10.1 Å². The highest BCUT2D eigenvalue weighted by Crippen LogP contribution is 2.35. The molecule has 0 aliphatic heterocycles. The smallest absolute Gasteiger partial charge is 0.322 e. The van der Waals surface area contributed by atoms with Gasteiger partial charge in [0.05, 0.1) is 11.2 Å². The second-order valence-electron chi connectivity index (χ2n) is 8.61. The Morgan fingerprint density at radius 1 is 1.09 bits per heavy atom. The molecular formula is C27H26F3N3O2. The van der Waals surface area contributed by atoms with Crippen molar-refractivity contribution in [2.75, 3.05) is 0 Å². The summed E-state index contributed by atoms with van der Waals surface area (Å²) in [6.07, 6.45) is -0.638. The molecule has 0 aliphatic rings. The lowest BCUT2D eigenvalue weighted by atomic mass is 10.0. The minimum Gasteiger partial charge on any atom is -0.471 e. The minimum absolute atomic E-state index is 0.290. The van der Waals surface area contributed by atoms with Gasteiger partial charge in [-0.2, -0.15) is 13.9 Å². The lowest BCUT2D eigenvalue weighted by molar-refractivity contribution is -0.145. The highest BCUT2D eigenvalue weighted by Gasteiger charge is 2.33. The summed E-state index contributed by atoms with van der Waals surface area (Å²) in [5.74, 6) is -4.85. The number of hydrogen-bond acceptors (Lipinski definition) is 3. The van der Waals surface area contributed by atoms with Crippen LogP contribution >= 0.6 is 0 Å². The van der Waals surface area contributed by atoms with Crippen LogP contribution in [0.1, 0.15) is 31.4 Å². The Bertz CT molecular complexity index is 1380. The first-order valence-corrected chi connectivity index (χ1v) is 11.3. The molecule has 1 N–H and O–H groups in total. The molecule has 0 aliphatic carbocycles. The van der Waals surface area contributed by atoms with E-state index in [0.717, 1.165) is 27.6 Å². The first kappa shape index (κ1) is 24.3. The molecule has 5 nitrogen and oxygen atoms in total. The lowest BCUT2D eigenvalue weighted by Crippen LogP contribution is -2.46. The fourth-order valence-corrected chi connectivity index (χ4v) is 3.79. The van der Waals surface area contributed by atoms with E-state index in [2.05, 4.69) is 5.32 Å². The molecule has 0 spiro atoms. The van der Waals surface area contributed by atoms with Crippen molar-refractivity contribution in [3.05, 3.63) is 77.6 Å². The van der Waals surface area contributed by atoms with E-state index in [9.17, 15) is 18.0 Å². The summed E-state index contributed by atoms with van der Waals surface area (Å²) in [6, 6.07) is 17.4. The van der Waals surface area contributed by atoms with Gasteiger partial charge in [-0.05, 0) is 67.9 Å². The van der Waals surface area contributed by atoms with Crippen LogP contribution in [-0.2, 0) is 4.79 Å². The number of rotatable bonds is 7. The van der Waals surface area contributed by atoms with E-state index in [1.807, 2.05) is 32.0 Å². The monoisotopic (exact) mass is 481 g/mol. The maximum Gasteiger partial charge on any atom is 0.322 e. The zero-order valence-corrected chi connectivity index (χ0v) is 19.9. The van der Waals surface area contributed by atoms with E-state index < -0.39 is 18.1 Å². The van der Waals surface area contributed by atoms with Crippen LogP contribution in [0.2, 0.25) is 0 Å². The third-order valence-electron chi connectivity index (χ3n) is 5.71. The molecule has 0 fully saturated rings. The molecule has 4 aromatic rings. The molecule has 182 valence electrons. The molecule has 1 unspecified atom stereocenters. The Labute approximate surface area is 201 Å². The van der Waals surface area contributed by atoms with Gasteiger partial charge in [-0.3, -0.25) is 4.79 Å². The van der Waals surface area contributed by atoms with Crippen molar-refractivity contribution in [1.29, 1.82) is 0 Å². The number of carbonyl (C=O) groups is 1. The number of halogens is 3. The van der Waals surface area contributed by atoms with Gasteiger partial charge in [-0.1, -0.05) is 24.6 Å². The van der Waals surface area contributed by atoms with Gasteiger partial charge >= 0.3 is 5.92 Å². The molecule has 0 radical (unpaired) electrons. The second kappa shape index (κ2) is 9.44. The van der Waals surface area contributed by atoms with Crippen molar-refractivity contribution in [2.24, 2.45) is 0 Å². The molecule has 1 amide bonds. The van der Waals surface area contributed by atoms with Gasteiger partial charge in [-0.25, -0.2) is 9.07 Å². The average Bonchev–Trinajstić information content (AvgIpc) is 3.18. The summed E-state index contributed by atoms with van der Waals surface area (Å²) in [5.41, 5.74) is 5.17. The maximum absolute atomic E-state index is 13.5. The number of nitrogens with one attached hydrogen (secondary N) is 1. The van der Waals surface area contributed by atoms with Crippen molar-refractivity contribution in [3.63, 3.8) is 0 Å². The van der Waals surface area contributed by atoms with Gasteiger partial charge in [0, 0.05) is 24.3 Å². The number of aryl methyl sites for hydroxylation is 2. The van der Waals surface area contributed by atoms with Crippen LogP contribution in [0.25, 0.3) is 27.8 Å². The third kappa shape index (κ3) is 5.16. The van der Waals surface area contributed by atoms with Crippen molar-refractivity contribution >= 4 is 16.8 Å². The topological polar surface area (TPSA) is 56.1 Å². The minimum atomic E-state index is -3.51. The van der Waals surface area contributed by atoms with Gasteiger partial charge in [0.15, 0.2) is 6.23 Å². The van der Waals surface area contributed by atoms with Crippen molar-refractivity contribution in [1.82, 2.24) is 15.1 Å². The maximum atomic E-state index is 13.5. The predicted octanol–water partition coefficient (Wildman–Crippen LogP) is 6.33. The molecular weight excluding hydrogens is 455 g/mol. The van der Waals surface area contributed by atoms with Crippen LogP contribution in [0.5, 0.6) is 5.75 Å². The van der Waals surface area contributed by atoms with E-state index in [1.54, 1.807) is 41.9 Å². The van der Waals surface area contributed by atoms with E-state index >= 15 is 0 Å². The second-order valence-corrected chi connectivity index (χ2v) is 8.61. The van der Waals surface area contributed by atoms with Crippen LogP contribution < -0.4 is 10.1 Å². The quantitative estimate of drug-likeness (QED) is 0.314. The van der Waals surface area contributed by atoms with Crippen molar-refractivity contribution in [2.45, 2.75) is 46.3 Å². The van der Waals surface area contributed by atoms with Crippen LogP contribution in [0.3, 0.4) is 0 Å². The van der Waals surface area contributed by atoms with Crippen LogP contribution in [0.4, 0.5) is 13.2 Å². The summed E-state index contributed by atoms with van der Waals surface area (Å²) < 4.78 is 47.8. The SMILES string of the molecule is CCC(NC(=O)C(C)(F)F)Oc1ccc2c(c1)c(-c1cc(C)ccc1C)nn2-c1ccc(F)cc1. The van der Waals surface area contributed by atoms with Crippen molar-refractivity contribution in [3.8, 4) is 22.7 Å². The normalized spacial score (nSPS) is 12.5. The Kier molecular flexibility index (Phi) is 6.56. The zero-order valence-electron chi connectivity index (χ0n) is 19.9. The summed E-state index contributed by atoms with van der Waals surface area (Å²) >= 11 is 0. The largest absolute Gasteiger partial charge is 0.471 e. The number of nitrogens with zero attached hydrogens (tertiary/aromatic N) is 2. The third-order valence-corrected chi connectivity index (χ3v) is 5.71. The fourth-order valence-electron chi connectivity index (χ4n) is 3.79. The number of carbonyl (C=O) groups excluding carboxylic acids is 1. The van der Waals surface area contributed by atoms with E-state index in [-0.39, 0.29) is 5.82 Å². The Morgan fingerprint density at radius 3 is 2.46 bits per heavy atom. The number of ether oxygens (including phenoxy) is 1. The van der Waals surface area contributed by atoms with E-state index in [4.69, 9.17) is 9.84 Å².